The van der Waals surface area contributed by atoms with Gasteiger partial charge in [-0.3, -0.25) is 0 Å². The summed E-state index contributed by atoms with van der Waals surface area (Å²) < 4.78 is 31.6. The minimum absolute atomic E-state index is 0.147. The molecule has 0 amide bonds. The van der Waals surface area contributed by atoms with Gasteiger partial charge in [0.1, 0.15) is 26.4 Å². The van der Waals surface area contributed by atoms with Crippen LogP contribution >= 0.6 is 0 Å². The normalized spacial score (nSPS) is 10.1. The predicted octanol–water partition coefficient (Wildman–Crippen LogP) is -0.923. The molecule has 8 nitrogen and oxygen atoms in total. The van der Waals surface area contributed by atoms with Gasteiger partial charge in [0.2, 0.25) is 0 Å². The fourth-order valence-electron chi connectivity index (χ4n) is 1.46. The Bertz CT molecular complexity index is 355. The Hall–Kier alpha value is -1.20. The number of hydrogen-bond donors (Lipinski definition) is 2. The van der Waals surface area contributed by atoms with Crippen LogP contribution in [0.1, 0.15) is 0 Å². The van der Waals surface area contributed by atoms with E-state index in [2.05, 4.69) is 23.7 Å². The van der Waals surface area contributed by atoms with Crippen molar-refractivity contribution in [2.45, 2.75) is 0 Å². The van der Waals surface area contributed by atoms with Crippen molar-refractivity contribution in [3.05, 3.63) is 0 Å². The maximum absolute atomic E-state index is 8.43. The SMILES string of the molecule is OCC#CCOCCOCCOCCOCCOCCOCC#CCO. The molecule has 0 heterocycles. The summed E-state index contributed by atoms with van der Waals surface area (Å²) in [6.07, 6.45) is 0. The Kier molecular flexibility index (Phi) is 22.7. The molecule has 2 N–H and O–H groups in total. The summed E-state index contributed by atoms with van der Waals surface area (Å²) in [5.41, 5.74) is 0. The molecule has 26 heavy (non-hydrogen) atoms. The zero-order chi connectivity index (χ0) is 19.0. The van der Waals surface area contributed by atoms with Crippen molar-refractivity contribution < 1.29 is 38.6 Å². The molecule has 0 saturated carbocycles. The van der Waals surface area contributed by atoms with Crippen LogP contribution in [0.15, 0.2) is 0 Å². The van der Waals surface area contributed by atoms with Crippen LogP contribution in [0.25, 0.3) is 0 Å². The van der Waals surface area contributed by atoms with Crippen LogP contribution in [0, 0.1) is 23.7 Å². The molecule has 0 saturated heterocycles. The van der Waals surface area contributed by atoms with Crippen molar-refractivity contribution in [1.82, 2.24) is 0 Å². The summed E-state index contributed by atoms with van der Waals surface area (Å²) >= 11 is 0. The Morgan fingerprint density at radius 2 is 0.654 bits per heavy atom. The molecule has 0 aliphatic carbocycles. The lowest BCUT2D eigenvalue weighted by atomic mass is 10.6. The minimum atomic E-state index is -0.147. The maximum Gasteiger partial charge on any atom is 0.107 e. The molecule has 8 heteroatoms. The Labute approximate surface area is 155 Å². The maximum atomic E-state index is 8.43. The zero-order valence-electron chi connectivity index (χ0n) is 15.2. The lowest BCUT2D eigenvalue weighted by molar-refractivity contribution is -0.0142. The molecule has 0 atom stereocenters. The second-order valence-corrected chi connectivity index (χ2v) is 4.58. The average Bonchev–Trinajstić information content (AvgIpc) is 2.66. The molecule has 0 bridgehead atoms. The smallest absolute Gasteiger partial charge is 0.107 e. The molecule has 0 unspecified atom stereocenters. The summed E-state index contributed by atoms with van der Waals surface area (Å²) in [5.74, 6) is 10.3. The van der Waals surface area contributed by atoms with E-state index >= 15 is 0 Å². The van der Waals surface area contributed by atoms with E-state index in [4.69, 9.17) is 38.6 Å². The van der Waals surface area contributed by atoms with Gasteiger partial charge in [-0.25, -0.2) is 0 Å². The fourth-order valence-corrected chi connectivity index (χ4v) is 1.46. The molecule has 0 radical (unpaired) electrons. The van der Waals surface area contributed by atoms with Crippen molar-refractivity contribution >= 4 is 0 Å². The first-order chi connectivity index (χ1) is 12.9. The molecule has 0 aliphatic rings. The van der Waals surface area contributed by atoms with Gasteiger partial charge in [0.05, 0.1) is 66.1 Å². The van der Waals surface area contributed by atoms with Gasteiger partial charge in [-0.1, -0.05) is 23.7 Å². The molecule has 0 fully saturated rings. The molecular weight excluding hydrogens is 344 g/mol. The Morgan fingerprint density at radius 1 is 0.385 bits per heavy atom. The molecule has 0 rings (SSSR count). The van der Waals surface area contributed by atoms with E-state index in [0.29, 0.717) is 79.3 Å². The molecule has 0 aliphatic heterocycles. The summed E-state index contributed by atoms with van der Waals surface area (Å²) in [5, 5.41) is 16.9. The third-order valence-electron chi connectivity index (χ3n) is 2.62. The van der Waals surface area contributed by atoms with E-state index < -0.39 is 0 Å². The van der Waals surface area contributed by atoms with E-state index in [1.807, 2.05) is 0 Å². The van der Waals surface area contributed by atoms with Crippen molar-refractivity contribution in [1.29, 1.82) is 0 Å². The second-order valence-electron chi connectivity index (χ2n) is 4.58. The van der Waals surface area contributed by atoms with Crippen molar-refractivity contribution in [2.24, 2.45) is 0 Å². The number of aliphatic hydroxyl groups excluding tert-OH is 2. The predicted molar refractivity (Wildman–Crippen MR) is 94.6 cm³/mol. The number of hydrogen-bond acceptors (Lipinski definition) is 8. The molecule has 150 valence electrons. The number of ether oxygens (including phenoxy) is 6. The van der Waals surface area contributed by atoms with Crippen LogP contribution in [0.2, 0.25) is 0 Å². The van der Waals surface area contributed by atoms with Crippen LogP contribution in [-0.4, -0.2) is 103 Å². The zero-order valence-corrected chi connectivity index (χ0v) is 15.2. The first-order valence-electron chi connectivity index (χ1n) is 8.51. The third-order valence-corrected chi connectivity index (χ3v) is 2.62. The molecule has 0 aromatic heterocycles. The molecule has 0 aromatic carbocycles. The first kappa shape index (κ1) is 24.8. The first-order valence-corrected chi connectivity index (χ1v) is 8.51. The standard InChI is InChI=1S/C18H30O8/c19-5-1-3-7-21-9-11-23-13-15-25-17-18-26-16-14-24-12-10-22-8-4-2-6-20/h19-20H,5-18H2. The van der Waals surface area contributed by atoms with Gasteiger partial charge in [0.25, 0.3) is 0 Å². The average molecular weight is 374 g/mol. The third kappa shape index (κ3) is 22.8. The van der Waals surface area contributed by atoms with Crippen molar-refractivity contribution in [3.63, 3.8) is 0 Å². The summed E-state index contributed by atoms with van der Waals surface area (Å²) in [4.78, 5) is 0. The fraction of sp³-hybridized carbons (Fsp3) is 0.778. The van der Waals surface area contributed by atoms with Gasteiger partial charge in [-0.05, 0) is 0 Å². The van der Waals surface area contributed by atoms with Gasteiger partial charge < -0.3 is 38.6 Å². The summed E-state index contributed by atoms with van der Waals surface area (Å²) in [7, 11) is 0. The van der Waals surface area contributed by atoms with Crippen LogP contribution in [-0.2, 0) is 28.4 Å². The van der Waals surface area contributed by atoms with Gasteiger partial charge in [-0.2, -0.15) is 0 Å². The van der Waals surface area contributed by atoms with Crippen LogP contribution in [0.3, 0.4) is 0 Å². The monoisotopic (exact) mass is 374 g/mol. The van der Waals surface area contributed by atoms with Crippen LogP contribution < -0.4 is 0 Å². The molecular formula is C18H30O8. The van der Waals surface area contributed by atoms with Crippen LogP contribution in [0.4, 0.5) is 0 Å². The van der Waals surface area contributed by atoms with Gasteiger partial charge >= 0.3 is 0 Å². The quantitative estimate of drug-likeness (QED) is 0.249. The highest BCUT2D eigenvalue weighted by Gasteiger charge is 1.93. The van der Waals surface area contributed by atoms with Crippen molar-refractivity contribution in [2.75, 3.05) is 92.5 Å². The Morgan fingerprint density at radius 3 is 0.923 bits per heavy atom. The summed E-state index contributed by atoms with van der Waals surface area (Å²) in [6.45, 7) is 5.20. The minimum Gasteiger partial charge on any atom is -0.384 e. The van der Waals surface area contributed by atoms with E-state index in [-0.39, 0.29) is 13.2 Å². The van der Waals surface area contributed by atoms with Gasteiger partial charge in [0.15, 0.2) is 0 Å². The van der Waals surface area contributed by atoms with E-state index in [9.17, 15) is 0 Å². The number of aliphatic hydroxyl groups is 2. The second kappa shape index (κ2) is 23.8. The van der Waals surface area contributed by atoms with Gasteiger partial charge in [0, 0.05) is 0 Å². The molecule has 0 aromatic rings. The largest absolute Gasteiger partial charge is 0.384 e. The highest BCUT2D eigenvalue weighted by Crippen LogP contribution is 1.84. The van der Waals surface area contributed by atoms with Gasteiger partial charge in [-0.15, -0.1) is 0 Å². The summed E-state index contributed by atoms with van der Waals surface area (Å²) in [6, 6.07) is 0. The van der Waals surface area contributed by atoms with Crippen LogP contribution in [0.5, 0.6) is 0 Å². The van der Waals surface area contributed by atoms with Crippen molar-refractivity contribution in [3.8, 4) is 23.7 Å². The Balaban J connectivity index is 3.03. The topological polar surface area (TPSA) is 95.8 Å². The highest BCUT2D eigenvalue weighted by molar-refractivity contribution is 4.98. The number of rotatable bonds is 17. The van der Waals surface area contributed by atoms with E-state index in [1.165, 1.54) is 0 Å². The molecule has 0 spiro atoms. The van der Waals surface area contributed by atoms with E-state index in [1.54, 1.807) is 0 Å². The highest BCUT2D eigenvalue weighted by atomic mass is 16.6. The lowest BCUT2D eigenvalue weighted by Gasteiger charge is -2.07. The lowest BCUT2D eigenvalue weighted by Crippen LogP contribution is -2.14. The van der Waals surface area contributed by atoms with E-state index in [0.717, 1.165) is 0 Å².